The van der Waals surface area contributed by atoms with Gasteiger partial charge in [-0.15, -0.1) is 6.58 Å². The van der Waals surface area contributed by atoms with Crippen molar-refractivity contribution in [2.24, 2.45) is 0 Å². The quantitative estimate of drug-likeness (QED) is 0.227. The zero-order valence-electron chi connectivity index (χ0n) is 20.9. The molecule has 0 unspecified atom stereocenters. The number of aliphatic hydroxyl groups excluding tert-OH is 1. The Balaban J connectivity index is 2.56. The third-order valence-electron chi connectivity index (χ3n) is 4.84. The van der Waals surface area contributed by atoms with Gasteiger partial charge in [0.05, 0.1) is 31.5 Å². The Kier molecular flexibility index (Phi) is 12.9. The molecule has 0 aliphatic carbocycles. The smallest absolute Gasteiger partial charge is 0.211 e. The summed E-state index contributed by atoms with van der Waals surface area (Å²) in [6, 6.07) is 7.42. The molecule has 0 bridgehead atoms. The molecule has 0 radical (unpaired) electrons. The summed E-state index contributed by atoms with van der Waals surface area (Å²) >= 11 is 12.9. The van der Waals surface area contributed by atoms with Gasteiger partial charge >= 0.3 is 0 Å². The van der Waals surface area contributed by atoms with Crippen LogP contribution in [0.2, 0.25) is 5.02 Å². The number of ether oxygens (including phenoxy) is 4. The van der Waals surface area contributed by atoms with Crippen molar-refractivity contribution in [3.05, 3.63) is 64.2 Å². The third-order valence-corrected chi connectivity index (χ3v) is 5.43. The van der Waals surface area contributed by atoms with Crippen LogP contribution in [0.4, 0.5) is 0 Å². The van der Waals surface area contributed by atoms with Crippen molar-refractivity contribution < 1.29 is 24.1 Å². The number of halogens is 2. The van der Waals surface area contributed by atoms with Gasteiger partial charge in [0.15, 0.2) is 11.5 Å². The molecule has 2 aromatic carbocycles. The summed E-state index contributed by atoms with van der Waals surface area (Å²) in [7, 11) is 0. The largest absolute Gasteiger partial charge is 0.493 e. The maximum Gasteiger partial charge on any atom is 0.211 e. The molecule has 0 amide bonds. The predicted octanol–water partition coefficient (Wildman–Crippen LogP) is 7.88. The van der Waals surface area contributed by atoms with Crippen LogP contribution in [0.5, 0.6) is 28.7 Å². The van der Waals surface area contributed by atoms with Gasteiger partial charge in [-0.25, -0.2) is 0 Å². The Morgan fingerprint density at radius 2 is 1.46 bits per heavy atom. The van der Waals surface area contributed by atoms with Crippen LogP contribution in [0.1, 0.15) is 51.2 Å². The monoisotopic (exact) mass is 522 g/mol. The van der Waals surface area contributed by atoms with Crippen LogP contribution in [0.25, 0.3) is 0 Å². The topological polar surface area (TPSA) is 57.2 Å². The molecule has 0 aromatic heterocycles. The first-order valence-electron chi connectivity index (χ1n) is 12.1. The Bertz CT molecular complexity index is 959. The summed E-state index contributed by atoms with van der Waals surface area (Å²) in [5.74, 6) is 2.72. The van der Waals surface area contributed by atoms with Crippen molar-refractivity contribution in [2.45, 2.75) is 52.9 Å². The second-order valence-corrected chi connectivity index (χ2v) is 8.85. The van der Waals surface area contributed by atoms with Gasteiger partial charge < -0.3 is 24.1 Å². The highest BCUT2D eigenvalue weighted by atomic mass is 35.5. The van der Waals surface area contributed by atoms with Crippen LogP contribution in [0.3, 0.4) is 0 Å². The lowest BCUT2D eigenvalue weighted by atomic mass is 10.1. The van der Waals surface area contributed by atoms with E-state index in [4.69, 9.17) is 47.3 Å². The Morgan fingerprint density at radius 1 is 0.886 bits per heavy atom. The number of benzene rings is 2. The van der Waals surface area contributed by atoms with Crippen LogP contribution in [0, 0.1) is 0 Å². The molecular formula is C28H36Cl2O5. The van der Waals surface area contributed by atoms with Gasteiger partial charge in [0.2, 0.25) is 5.75 Å². The fourth-order valence-corrected chi connectivity index (χ4v) is 3.68. The lowest BCUT2D eigenvalue weighted by molar-refractivity contribution is 0.276. The van der Waals surface area contributed by atoms with Crippen molar-refractivity contribution in [1.82, 2.24) is 0 Å². The number of hydrogen-bond donors (Lipinski definition) is 1. The SMILES string of the molecule is C=CCc1cc(Oc2c(OCCC)cc(C/C(Cl)=C\CO)cc2OCCC)c(Cl)cc1OCCC. The number of allylic oxidation sites excluding steroid dienone is 2. The molecule has 0 saturated heterocycles. The molecule has 5 nitrogen and oxygen atoms in total. The summed E-state index contributed by atoms with van der Waals surface area (Å²) in [6.45, 7) is 11.5. The average molecular weight is 523 g/mol. The van der Waals surface area contributed by atoms with Crippen LogP contribution in [0.15, 0.2) is 48.0 Å². The van der Waals surface area contributed by atoms with Crippen molar-refractivity contribution >= 4 is 23.2 Å². The molecule has 1 N–H and O–H groups in total. The molecule has 0 atom stereocenters. The highest BCUT2D eigenvalue weighted by Crippen LogP contribution is 2.45. The minimum Gasteiger partial charge on any atom is -0.493 e. The highest BCUT2D eigenvalue weighted by Gasteiger charge is 2.20. The van der Waals surface area contributed by atoms with Crippen LogP contribution < -0.4 is 18.9 Å². The Hall–Kier alpha value is -2.34. The first-order valence-corrected chi connectivity index (χ1v) is 12.8. The molecule has 0 aliphatic rings. The highest BCUT2D eigenvalue weighted by molar-refractivity contribution is 6.32. The summed E-state index contributed by atoms with van der Waals surface area (Å²) in [5.41, 5.74) is 1.81. The van der Waals surface area contributed by atoms with Gasteiger partial charge in [-0.3, -0.25) is 0 Å². The second kappa shape index (κ2) is 15.6. The average Bonchev–Trinajstić information content (AvgIpc) is 2.83. The van der Waals surface area contributed by atoms with E-state index in [0.717, 1.165) is 36.1 Å². The zero-order valence-corrected chi connectivity index (χ0v) is 22.4. The molecular weight excluding hydrogens is 487 g/mol. The van der Waals surface area contributed by atoms with Crippen LogP contribution >= 0.6 is 23.2 Å². The standard InChI is InChI=1S/C28H36Cl2O5/c1-5-9-21-18-25(23(30)19-24(21)32-12-6-2)35-28-26(33-13-7-3)16-20(15-22(29)10-11-31)17-27(28)34-14-8-4/h5,10,16-19,31H,1,6-9,11-15H2,2-4H3/b22-10+. The first-order chi connectivity index (χ1) is 17.0. The maximum atomic E-state index is 9.16. The third kappa shape index (κ3) is 8.99. The predicted molar refractivity (Wildman–Crippen MR) is 144 cm³/mol. The number of aliphatic hydroxyl groups is 1. The van der Waals surface area contributed by atoms with Gasteiger partial charge in [-0.1, -0.05) is 50.0 Å². The molecule has 0 saturated carbocycles. The number of hydrogen-bond acceptors (Lipinski definition) is 5. The van der Waals surface area contributed by atoms with E-state index in [1.54, 1.807) is 12.1 Å². The van der Waals surface area contributed by atoms with E-state index in [1.165, 1.54) is 0 Å². The Morgan fingerprint density at radius 3 is 1.97 bits per heavy atom. The summed E-state index contributed by atoms with van der Waals surface area (Å²) in [4.78, 5) is 0. The summed E-state index contributed by atoms with van der Waals surface area (Å²) in [5, 5.41) is 10.1. The maximum absolute atomic E-state index is 9.16. The minimum atomic E-state index is -0.123. The normalized spacial score (nSPS) is 11.3. The van der Waals surface area contributed by atoms with E-state index in [1.807, 2.05) is 38.1 Å². The van der Waals surface area contributed by atoms with E-state index in [9.17, 15) is 0 Å². The molecule has 35 heavy (non-hydrogen) atoms. The van der Waals surface area contributed by atoms with Gasteiger partial charge in [-0.05, 0) is 55.5 Å². The van der Waals surface area contributed by atoms with Crippen LogP contribution in [-0.4, -0.2) is 31.5 Å². The summed E-state index contributed by atoms with van der Waals surface area (Å²) < 4.78 is 24.3. The molecule has 0 heterocycles. The van der Waals surface area contributed by atoms with Gasteiger partial charge in [0.25, 0.3) is 0 Å². The van der Waals surface area contributed by atoms with E-state index >= 15 is 0 Å². The van der Waals surface area contributed by atoms with Crippen molar-refractivity contribution in [1.29, 1.82) is 0 Å². The van der Waals surface area contributed by atoms with Crippen molar-refractivity contribution in [2.75, 3.05) is 26.4 Å². The lowest BCUT2D eigenvalue weighted by Gasteiger charge is -2.20. The molecule has 2 rings (SSSR count). The van der Waals surface area contributed by atoms with Crippen molar-refractivity contribution in [3.8, 4) is 28.7 Å². The molecule has 0 aliphatic heterocycles. The van der Waals surface area contributed by atoms with E-state index < -0.39 is 0 Å². The van der Waals surface area contributed by atoms with Gasteiger partial charge in [-0.2, -0.15) is 0 Å². The Labute approximate surface area is 219 Å². The molecule has 0 fully saturated rings. The molecule has 2 aromatic rings. The fraction of sp³-hybridized carbons (Fsp3) is 0.429. The summed E-state index contributed by atoms with van der Waals surface area (Å²) in [6.07, 6.45) is 6.97. The van der Waals surface area contributed by atoms with E-state index in [0.29, 0.717) is 65.7 Å². The van der Waals surface area contributed by atoms with Crippen molar-refractivity contribution in [3.63, 3.8) is 0 Å². The lowest BCUT2D eigenvalue weighted by Crippen LogP contribution is -2.04. The van der Waals surface area contributed by atoms with Gasteiger partial charge in [0, 0.05) is 23.1 Å². The van der Waals surface area contributed by atoms with Gasteiger partial charge in [0.1, 0.15) is 11.5 Å². The van der Waals surface area contributed by atoms with E-state index in [2.05, 4.69) is 13.5 Å². The second-order valence-electron chi connectivity index (χ2n) is 7.96. The molecule has 0 spiro atoms. The van der Waals surface area contributed by atoms with E-state index in [-0.39, 0.29) is 6.61 Å². The van der Waals surface area contributed by atoms with Crippen LogP contribution in [-0.2, 0) is 12.8 Å². The zero-order chi connectivity index (χ0) is 25.6. The minimum absolute atomic E-state index is 0.123. The number of rotatable bonds is 16. The molecule has 192 valence electrons. The fourth-order valence-electron chi connectivity index (χ4n) is 3.27. The molecule has 7 heteroatoms. The first kappa shape index (κ1) is 28.9.